The summed E-state index contributed by atoms with van der Waals surface area (Å²) in [5.74, 6) is 0. The van der Waals surface area contributed by atoms with Crippen molar-refractivity contribution < 1.29 is 0 Å². The van der Waals surface area contributed by atoms with E-state index in [0.29, 0.717) is 11.1 Å². The lowest BCUT2D eigenvalue weighted by Crippen LogP contribution is -2.19. The van der Waals surface area contributed by atoms with Crippen LogP contribution in [0, 0.1) is 33.5 Å². The van der Waals surface area contributed by atoms with Crippen LogP contribution in [0.25, 0.3) is 0 Å². The van der Waals surface area contributed by atoms with E-state index >= 15 is 0 Å². The van der Waals surface area contributed by atoms with Gasteiger partial charge in [-0.05, 0) is 25.0 Å². The number of rotatable bonds is 0. The van der Waals surface area contributed by atoms with Gasteiger partial charge in [0, 0.05) is 0 Å². The van der Waals surface area contributed by atoms with Crippen molar-refractivity contribution in [3.8, 4) is 12.1 Å². The van der Waals surface area contributed by atoms with Crippen LogP contribution in [0.4, 0.5) is 0 Å². The van der Waals surface area contributed by atoms with Crippen LogP contribution >= 0.6 is 0 Å². The number of nitriles is 2. The van der Waals surface area contributed by atoms with Crippen LogP contribution in [0.3, 0.4) is 0 Å². The molecule has 14 heavy (non-hydrogen) atoms. The van der Waals surface area contributed by atoms with Gasteiger partial charge in [0.25, 0.3) is 0 Å². The summed E-state index contributed by atoms with van der Waals surface area (Å²) < 4.78 is 0. The van der Waals surface area contributed by atoms with Gasteiger partial charge < -0.3 is 0 Å². The average molecular weight is 184 g/mol. The summed E-state index contributed by atoms with van der Waals surface area (Å²) in [5.41, 5.74) is 1.28. The molecule has 0 spiro atoms. The van der Waals surface area contributed by atoms with Crippen molar-refractivity contribution in [3.63, 3.8) is 0 Å². The lowest BCUT2D eigenvalue weighted by atomic mass is 9.85. The third-order valence-electron chi connectivity index (χ3n) is 2.22. The fraction of sp³-hybridized carbons (Fsp3) is 0.200. The lowest BCUT2D eigenvalue weighted by molar-refractivity contribution is 1.31. The summed E-state index contributed by atoms with van der Waals surface area (Å²) in [4.78, 5) is 0. The van der Waals surface area contributed by atoms with E-state index < -0.39 is 0 Å². The molecule has 0 unspecified atom stereocenters. The molecule has 0 aliphatic heterocycles. The Morgan fingerprint density at radius 2 is 1.14 bits per heavy atom. The van der Waals surface area contributed by atoms with Gasteiger partial charge in [-0.1, -0.05) is 0 Å². The van der Waals surface area contributed by atoms with Crippen molar-refractivity contribution in [2.45, 2.75) is 13.8 Å². The highest BCUT2D eigenvalue weighted by Crippen LogP contribution is 2.23. The Bertz CT molecular complexity index is 431. The SMILES string of the molecule is CC1=C(C#N)C(=N)C(C)=C(C#N)C1=N. The molecule has 0 radical (unpaired) electrons. The highest BCUT2D eigenvalue weighted by atomic mass is 14.5. The van der Waals surface area contributed by atoms with Gasteiger partial charge >= 0.3 is 0 Å². The van der Waals surface area contributed by atoms with E-state index in [1.165, 1.54) is 0 Å². The van der Waals surface area contributed by atoms with Crippen LogP contribution < -0.4 is 0 Å². The fourth-order valence-corrected chi connectivity index (χ4v) is 1.28. The summed E-state index contributed by atoms with van der Waals surface area (Å²) in [6.07, 6.45) is 0. The van der Waals surface area contributed by atoms with Crippen molar-refractivity contribution in [2.75, 3.05) is 0 Å². The monoisotopic (exact) mass is 184 g/mol. The van der Waals surface area contributed by atoms with Crippen molar-refractivity contribution in [1.29, 1.82) is 21.3 Å². The molecule has 0 heterocycles. The zero-order valence-corrected chi connectivity index (χ0v) is 7.89. The predicted molar refractivity (Wildman–Crippen MR) is 52.1 cm³/mol. The molecular formula is C10H8N4. The van der Waals surface area contributed by atoms with Gasteiger partial charge in [0.15, 0.2) is 0 Å². The molecule has 0 amide bonds. The number of hydrogen-bond acceptors (Lipinski definition) is 4. The maximum absolute atomic E-state index is 8.78. The molecule has 0 saturated heterocycles. The number of nitrogens with zero attached hydrogens (tertiary/aromatic N) is 2. The molecule has 0 aromatic rings. The van der Waals surface area contributed by atoms with E-state index in [0.717, 1.165) is 0 Å². The topological polar surface area (TPSA) is 95.3 Å². The molecule has 4 nitrogen and oxygen atoms in total. The first-order chi connectivity index (χ1) is 6.54. The van der Waals surface area contributed by atoms with Gasteiger partial charge in [0.2, 0.25) is 0 Å². The van der Waals surface area contributed by atoms with Gasteiger partial charge in [0.1, 0.15) is 12.1 Å². The molecule has 0 saturated carbocycles. The maximum atomic E-state index is 8.78. The van der Waals surface area contributed by atoms with Gasteiger partial charge in [-0.25, -0.2) is 0 Å². The van der Waals surface area contributed by atoms with Gasteiger partial charge in [-0.2, -0.15) is 10.5 Å². The second-order valence-electron chi connectivity index (χ2n) is 2.97. The highest BCUT2D eigenvalue weighted by molar-refractivity contribution is 6.29. The summed E-state index contributed by atoms with van der Waals surface area (Å²) in [5, 5.41) is 32.8. The molecule has 1 aliphatic carbocycles. The minimum absolute atomic E-state index is 0.0533. The molecule has 4 heteroatoms. The molecule has 0 atom stereocenters. The van der Waals surface area contributed by atoms with Crippen molar-refractivity contribution >= 4 is 11.4 Å². The van der Waals surface area contributed by atoms with Crippen LogP contribution in [0.1, 0.15) is 13.8 Å². The van der Waals surface area contributed by atoms with E-state index in [-0.39, 0.29) is 22.6 Å². The Morgan fingerprint density at radius 3 is 1.36 bits per heavy atom. The third kappa shape index (κ3) is 1.14. The van der Waals surface area contributed by atoms with Gasteiger partial charge in [0.05, 0.1) is 22.6 Å². The molecule has 1 rings (SSSR count). The summed E-state index contributed by atoms with van der Waals surface area (Å²) in [6, 6.07) is 3.76. The van der Waals surface area contributed by atoms with Gasteiger partial charge in [-0.3, -0.25) is 10.8 Å². The van der Waals surface area contributed by atoms with Crippen LogP contribution in [-0.4, -0.2) is 11.4 Å². The normalized spacial score (nSPS) is 16.9. The first kappa shape index (κ1) is 9.88. The molecule has 0 fully saturated rings. The van der Waals surface area contributed by atoms with E-state index in [4.69, 9.17) is 21.3 Å². The fourth-order valence-electron chi connectivity index (χ4n) is 1.28. The lowest BCUT2D eigenvalue weighted by Gasteiger charge is -2.16. The molecule has 0 aromatic heterocycles. The Morgan fingerprint density at radius 1 is 0.857 bits per heavy atom. The standard InChI is InChI=1S/C10H8N4/c1-5-7(3-11)10(14)6(2)8(4-12)9(5)13/h13-14H,1-2H3. The quantitative estimate of drug-likeness (QED) is 0.560. The summed E-state index contributed by atoms with van der Waals surface area (Å²) >= 11 is 0. The van der Waals surface area contributed by atoms with E-state index in [1.807, 2.05) is 12.1 Å². The van der Waals surface area contributed by atoms with Crippen LogP contribution in [0.15, 0.2) is 22.3 Å². The Kier molecular flexibility index (Phi) is 2.31. The smallest absolute Gasteiger partial charge is 0.102 e. The summed E-state index contributed by atoms with van der Waals surface area (Å²) in [6.45, 7) is 3.17. The van der Waals surface area contributed by atoms with Crippen molar-refractivity contribution in [2.24, 2.45) is 0 Å². The number of hydrogen-bond donors (Lipinski definition) is 2. The second-order valence-corrected chi connectivity index (χ2v) is 2.97. The minimum Gasteiger partial charge on any atom is -0.299 e. The number of allylic oxidation sites excluding steroid dienone is 4. The van der Waals surface area contributed by atoms with Gasteiger partial charge in [-0.15, -0.1) is 0 Å². The van der Waals surface area contributed by atoms with Crippen molar-refractivity contribution in [3.05, 3.63) is 22.3 Å². The first-order valence-corrected chi connectivity index (χ1v) is 3.95. The van der Waals surface area contributed by atoms with E-state index in [2.05, 4.69) is 0 Å². The summed E-state index contributed by atoms with van der Waals surface area (Å²) in [7, 11) is 0. The molecule has 0 aromatic carbocycles. The average Bonchev–Trinajstić information content (AvgIpc) is 2.17. The third-order valence-corrected chi connectivity index (χ3v) is 2.22. The zero-order chi connectivity index (χ0) is 10.9. The Hall–Kier alpha value is -2.20. The van der Waals surface area contributed by atoms with Crippen LogP contribution in [-0.2, 0) is 0 Å². The number of nitrogens with one attached hydrogen (secondary N) is 2. The maximum Gasteiger partial charge on any atom is 0.102 e. The molecule has 2 N–H and O–H groups in total. The first-order valence-electron chi connectivity index (χ1n) is 3.95. The van der Waals surface area contributed by atoms with Crippen LogP contribution in [0.2, 0.25) is 0 Å². The molecule has 68 valence electrons. The Labute approximate surface area is 81.8 Å². The predicted octanol–water partition coefficient (Wildman–Crippen LogP) is 1.72. The van der Waals surface area contributed by atoms with E-state index in [1.54, 1.807) is 13.8 Å². The van der Waals surface area contributed by atoms with Crippen molar-refractivity contribution in [1.82, 2.24) is 0 Å². The molecule has 0 bridgehead atoms. The van der Waals surface area contributed by atoms with Crippen LogP contribution in [0.5, 0.6) is 0 Å². The molecule has 1 aliphatic rings. The minimum atomic E-state index is 0.0533. The zero-order valence-electron chi connectivity index (χ0n) is 7.89. The molecular weight excluding hydrogens is 176 g/mol. The highest BCUT2D eigenvalue weighted by Gasteiger charge is 2.24. The second kappa shape index (κ2) is 3.27. The van der Waals surface area contributed by atoms with E-state index in [9.17, 15) is 0 Å². The Balaban J connectivity index is 3.47. The largest absolute Gasteiger partial charge is 0.299 e.